The van der Waals surface area contributed by atoms with Crippen molar-refractivity contribution >= 4 is 23.2 Å². The normalized spacial score (nSPS) is 25.3. The Labute approximate surface area is 118 Å². The molecule has 4 heteroatoms. The van der Waals surface area contributed by atoms with Crippen LogP contribution in [0.1, 0.15) is 18.4 Å². The van der Waals surface area contributed by atoms with Crippen molar-refractivity contribution in [2.24, 2.45) is 5.92 Å². The van der Waals surface area contributed by atoms with Crippen LogP contribution in [0, 0.1) is 5.92 Å². The Morgan fingerprint density at radius 1 is 1.22 bits per heavy atom. The number of rotatable bonds is 3. The second kappa shape index (κ2) is 5.38. The summed E-state index contributed by atoms with van der Waals surface area (Å²) < 4.78 is 0. The molecule has 0 amide bonds. The third-order valence-corrected chi connectivity index (χ3v) is 4.63. The Kier molecular flexibility index (Phi) is 3.81. The molecular formula is C14H18Cl2N2. The molecule has 1 aromatic rings. The zero-order valence-corrected chi connectivity index (χ0v) is 11.8. The molecule has 0 bridgehead atoms. The summed E-state index contributed by atoms with van der Waals surface area (Å²) in [5.41, 5.74) is 1.07. The van der Waals surface area contributed by atoms with Crippen molar-refractivity contribution in [1.29, 1.82) is 0 Å². The largest absolute Gasteiger partial charge is 0.311 e. The molecule has 18 heavy (non-hydrogen) atoms. The van der Waals surface area contributed by atoms with E-state index < -0.39 is 0 Å². The van der Waals surface area contributed by atoms with Gasteiger partial charge in [-0.15, -0.1) is 0 Å². The first-order valence-corrected chi connectivity index (χ1v) is 7.38. The van der Waals surface area contributed by atoms with E-state index in [-0.39, 0.29) is 0 Å². The lowest BCUT2D eigenvalue weighted by molar-refractivity contribution is 0.181. The second-order valence-electron chi connectivity index (χ2n) is 5.33. The van der Waals surface area contributed by atoms with Gasteiger partial charge >= 0.3 is 0 Å². The molecule has 1 saturated heterocycles. The maximum atomic E-state index is 6.23. The van der Waals surface area contributed by atoms with Crippen molar-refractivity contribution in [1.82, 2.24) is 10.2 Å². The van der Waals surface area contributed by atoms with Gasteiger partial charge in [0.1, 0.15) is 0 Å². The highest BCUT2D eigenvalue weighted by Crippen LogP contribution is 2.34. The highest BCUT2D eigenvalue weighted by atomic mass is 35.5. The first-order valence-electron chi connectivity index (χ1n) is 6.62. The van der Waals surface area contributed by atoms with Crippen molar-refractivity contribution in [2.45, 2.75) is 25.4 Å². The molecule has 0 radical (unpaired) electrons. The minimum atomic E-state index is 0.667. The molecule has 1 aliphatic carbocycles. The van der Waals surface area contributed by atoms with E-state index in [1.165, 1.54) is 12.8 Å². The maximum absolute atomic E-state index is 6.23. The fraction of sp³-hybridized carbons (Fsp3) is 0.571. The van der Waals surface area contributed by atoms with Gasteiger partial charge in [-0.2, -0.15) is 0 Å². The summed E-state index contributed by atoms with van der Waals surface area (Å²) in [5.74, 6) is 0.898. The molecule has 1 atom stereocenters. The van der Waals surface area contributed by atoms with E-state index in [2.05, 4.69) is 10.2 Å². The summed E-state index contributed by atoms with van der Waals surface area (Å²) in [6.45, 7) is 4.13. The monoisotopic (exact) mass is 284 g/mol. The Bertz CT molecular complexity index is 412. The summed E-state index contributed by atoms with van der Waals surface area (Å²) in [6.07, 6.45) is 2.77. The lowest BCUT2D eigenvalue weighted by atomic mass is 10.1. The highest BCUT2D eigenvalue weighted by molar-refractivity contribution is 6.35. The van der Waals surface area contributed by atoms with Gasteiger partial charge in [0.2, 0.25) is 0 Å². The number of hydrogen-bond acceptors (Lipinski definition) is 2. The van der Waals surface area contributed by atoms with Gasteiger partial charge in [-0.25, -0.2) is 0 Å². The van der Waals surface area contributed by atoms with Crippen LogP contribution in [0.4, 0.5) is 0 Å². The van der Waals surface area contributed by atoms with Gasteiger partial charge in [0, 0.05) is 47.8 Å². The van der Waals surface area contributed by atoms with E-state index >= 15 is 0 Å². The van der Waals surface area contributed by atoms with Gasteiger partial charge in [0.25, 0.3) is 0 Å². The molecule has 2 nitrogen and oxygen atoms in total. The van der Waals surface area contributed by atoms with Gasteiger partial charge < -0.3 is 5.32 Å². The van der Waals surface area contributed by atoms with E-state index in [1.807, 2.05) is 18.2 Å². The van der Waals surface area contributed by atoms with Gasteiger partial charge in [-0.3, -0.25) is 4.90 Å². The van der Waals surface area contributed by atoms with Crippen LogP contribution in [0.15, 0.2) is 18.2 Å². The molecule has 1 unspecified atom stereocenters. The number of nitrogens with zero attached hydrogens (tertiary/aromatic N) is 1. The molecule has 1 N–H and O–H groups in total. The van der Waals surface area contributed by atoms with E-state index in [4.69, 9.17) is 23.2 Å². The van der Waals surface area contributed by atoms with Crippen LogP contribution in [0.25, 0.3) is 0 Å². The summed E-state index contributed by atoms with van der Waals surface area (Å²) in [5, 5.41) is 5.18. The fourth-order valence-electron chi connectivity index (χ4n) is 2.71. The van der Waals surface area contributed by atoms with Crippen LogP contribution >= 0.6 is 23.2 Å². The average molecular weight is 285 g/mol. The molecule has 1 heterocycles. The number of nitrogens with one attached hydrogen (secondary N) is 1. The molecular weight excluding hydrogens is 267 g/mol. The van der Waals surface area contributed by atoms with E-state index in [1.54, 1.807) is 0 Å². The Hall–Kier alpha value is -0.280. The SMILES string of the molecule is Clc1cccc(Cl)c1CN1CCNC(C2CC2)C1. The molecule has 1 saturated carbocycles. The van der Waals surface area contributed by atoms with Crippen molar-refractivity contribution in [3.8, 4) is 0 Å². The minimum Gasteiger partial charge on any atom is -0.311 e. The van der Waals surface area contributed by atoms with Crippen molar-refractivity contribution in [2.75, 3.05) is 19.6 Å². The summed E-state index contributed by atoms with van der Waals surface area (Å²) in [4.78, 5) is 2.46. The van der Waals surface area contributed by atoms with Gasteiger partial charge in [-0.05, 0) is 30.9 Å². The molecule has 2 fully saturated rings. The van der Waals surface area contributed by atoms with Crippen LogP contribution in [0.2, 0.25) is 10.0 Å². The minimum absolute atomic E-state index is 0.667. The quantitative estimate of drug-likeness (QED) is 0.917. The molecule has 3 rings (SSSR count). The predicted octanol–water partition coefficient (Wildman–Crippen LogP) is 3.18. The number of piperazine rings is 1. The fourth-order valence-corrected chi connectivity index (χ4v) is 3.22. The summed E-state index contributed by atoms with van der Waals surface area (Å²) in [6, 6.07) is 6.41. The first-order chi connectivity index (χ1) is 8.74. The van der Waals surface area contributed by atoms with Crippen molar-refractivity contribution in [3.05, 3.63) is 33.8 Å². The molecule has 0 aromatic heterocycles. The van der Waals surface area contributed by atoms with Crippen LogP contribution in [0.5, 0.6) is 0 Å². The number of halogens is 2. The maximum Gasteiger partial charge on any atom is 0.0465 e. The topological polar surface area (TPSA) is 15.3 Å². The van der Waals surface area contributed by atoms with Gasteiger partial charge in [0.15, 0.2) is 0 Å². The standard InChI is InChI=1S/C14H18Cl2N2/c15-12-2-1-3-13(16)11(12)8-18-7-6-17-14(9-18)10-4-5-10/h1-3,10,14,17H,4-9H2. The Morgan fingerprint density at radius 2 is 1.94 bits per heavy atom. The molecule has 1 aliphatic heterocycles. The average Bonchev–Trinajstić information content (AvgIpc) is 3.19. The van der Waals surface area contributed by atoms with E-state index in [0.717, 1.165) is 47.7 Å². The lowest BCUT2D eigenvalue weighted by Gasteiger charge is -2.34. The molecule has 0 spiro atoms. The van der Waals surface area contributed by atoms with E-state index in [0.29, 0.717) is 6.04 Å². The van der Waals surface area contributed by atoms with Crippen LogP contribution < -0.4 is 5.32 Å². The van der Waals surface area contributed by atoms with Gasteiger partial charge in [0.05, 0.1) is 0 Å². The number of hydrogen-bond donors (Lipinski definition) is 1. The summed E-state index contributed by atoms with van der Waals surface area (Å²) >= 11 is 12.5. The molecule has 98 valence electrons. The Morgan fingerprint density at radius 3 is 2.61 bits per heavy atom. The van der Waals surface area contributed by atoms with Gasteiger partial charge in [-0.1, -0.05) is 29.3 Å². The molecule has 1 aromatic carbocycles. The van der Waals surface area contributed by atoms with Crippen LogP contribution in [-0.4, -0.2) is 30.6 Å². The third kappa shape index (κ3) is 2.83. The summed E-state index contributed by atoms with van der Waals surface area (Å²) in [7, 11) is 0. The smallest absolute Gasteiger partial charge is 0.0465 e. The molecule has 2 aliphatic rings. The zero-order valence-electron chi connectivity index (χ0n) is 10.3. The first kappa shape index (κ1) is 12.7. The van der Waals surface area contributed by atoms with Crippen LogP contribution in [0.3, 0.4) is 0 Å². The van der Waals surface area contributed by atoms with Crippen LogP contribution in [-0.2, 0) is 6.54 Å². The highest BCUT2D eigenvalue weighted by Gasteiger charge is 2.34. The third-order valence-electron chi connectivity index (χ3n) is 3.92. The Balaban J connectivity index is 1.68. The van der Waals surface area contributed by atoms with Crippen molar-refractivity contribution in [3.63, 3.8) is 0 Å². The van der Waals surface area contributed by atoms with Crippen molar-refractivity contribution < 1.29 is 0 Å². The zero-order chi connectivity index (χ0) is 12.5. The van der Waals surface area contributed by atoms with E-state index in [9.17, 15) is 0 Å². The lowest BCUT2D eigenvalue weighted by Crippen LogP contribution is -2.51. The number of benzene rings is 1. The second-order valence-corrected chi connectivity index (χ2v) is 6.15. The predicted molar refractivity (Wildman–Crippen MR) is 76.3 cm³/mol.